The normalized spacial score (nSPS) is 30.9. The fourth-order valence-electron chi connectivity index (χ4n) is 3.13. The molecule has 0 amide bonds. The smallest absolute Gasteiger partial charge is 0.337 e. The van der Waals surface area contributed by atoms with Crippen LogP contribution in [-0.4, -0.2) is 30.3 Å². The zero-order chi connectivity index (χ0) is 13.2. The Balaban J connectivity index is 1.79. The minimum Gasteiger partial charge on any atom is -0.467 e. The molecule has 0 saturated carbocycles. The lowest BCUT2D eigenvalue weighted by atomic mass is 9.91. The Morgan fingerprint density at radius 2 is 2.11 bits per heavy atom. The second-order valence-electron chi connectivity index (χ2n) is 5.22. The third kappa shape index (κ3) is 2.38. The molecule has 1 aromatic rings. The van der Waals surface area contributed by atoms with E-state index in [0.29, 0.717) is 6.04 Å². The van der Waals surface area contributed by atoms with Crippen LogP contribution in [0.2, 0.25) is 0 Å². The van der Waals surface area contributed by atoms with Gasteiger partial charge in [0.15, 0.2) is 6.10 Å². The van der Waals surface area contributed by atoms with Crippen molar-refractivity contribution >= 4 is 5.97 Å². The van der Waals surface area contributed by atoms with E-state index < -0.39 is 6.10 Å². The van der Waals surface area contributed by atoms with Crippen LogP contribution in [0.15, 0.2) is 30.3 Å². The number of fused-ring (bicyclic) bond motifs is 1. The lowest BCUT2D eigenvalue weighted by Gasteiger charge is -2.35. The molecule has 2 saturated heterocycles. The molecule has 2 aliphatic rings. The number of hydrogen-bond donors (Lipinski definition) is 0. The van der Waals surface area contributed by atoms with Gasteiger partial charge in [0, 0.05) is 12.5 Å². The Morgan fingerprint density at radius 1 is 1.32 bits per heavy atom. The average molecular weight is 261 g/mol. The van der Waals surface area contributed by atoms with Gasteiger partial charge < -0.3 is 4.74 Å². The Hall–Kier alpha value is -1.39. The number of esters is 1. The largest absolute Gasteiger partial charge is 0.467 e. The molecule has 0 spiro atoms. The number of hydrogen-bond acceptors (Lipinski definition) is 4. The van der Waals surface area contributed by atoms with E-state index in [1.165, 1.54) is 19.1 Å². The van der Waals surface area contributed by atoms with E-state index in [1.54, 1.807) is 0 Å². The first-order chi connectivity index (χ1) is 9.29. The fourth-order valence-corrected chi connectivity index (χ4v) is 3.13. The quantitative estimate of drug-likeness (QED) is 0.767. The second kappa shape index (κ2) is 5.31. The molecule has 4 nitrogen and oxygen atoms in total. The maximum Gasteiger partial charge on any atom is 0.337 e. The van der Waals surface area contributed by atoms with Crippen LogP contribution in [0, 0.1) is 0 Å². The summed E-state index contributed by atoms with van der Waals surface area (Å²) in [6.07, 6.45) is 3.67. The number of carbonyl (C=O) groups is 1. The van der Waals surface area contributed by atoms with Crippen molar-refractivity contribution in [2.24, 2.45) is 0 Å². The second-order valence-corrected chi connectivity index (χ2v) is 5.22. The number of nitrogens with zero attached hydrogens (tertiary/aromatic N) is 1. The van der Waals surface area contributed by atoms with Gasteiger partial charge in [-0.1, -0.05) is 30.3 Å². The van der Waals surface area contributed by atoms with Crippen LogP contribution in [-0.2, 0) is 14.4 Å². The van der Waals surface area contributed by atoms with Crippen LogP contribution in [0.25, 0.3) is 0 Å². The van der Waals surface area contributed by atoms with E-state index in [1.807, 2.05) is 23.3 Å². The van der Waals surface area contributed by atoms with Gasteiger partial charge in [0.2, 0.25) is 0 Å². The number of piperidine rings is 1. The molecule has 0 unspecified atom stereocenters. The molecule has 2 fully saturated rings. The van der Waals surface area contributed by atoms with E-state index in [0.717, 1.165) is 19.3 Å². The van der Waals surface area contributed by atoms with Crippen LogP contribution in [0.5, 0.6) is 0 Å². The summed E-state index contributed by atoms with van der Waals surface area (Å²) < 4.78 is 4.79. The molecule has 0 aliphatic carbocycles. The van der Waals surface area contributed by atoms with Crippen molar-refractivity contribution in [2.75, 3.05) is 7.11 Å². The van der Waals surface area contributed by atoms with Gasteiger partial charge in [-0.25, -0.2) is 4.79 Å². The third-order valence-corrected chi connectivity index (χ3v) is 4.07. The Kier molecular flexibility index (Phi) is 3.53. The maximum absolute atomic E-state index is 11.6. The van der Waals surface area contributed by atoms with E-state index >= 15 is 0 Å². The summed E-state index contributed by atoms with van der Waals surface area (Å²) in [5.41, 5.74) is 1.26. The maximum atomic E-state index is 11.6. The SMILES string of the molecule is COC(=O)[C@@H]1C[C@H]2CCC[C@H](c3ccccc3)N2O1. The lowest BCUT2D eigenvalue weighted by Crippen LogP contribution is -2.36. The van der Waals surface area contributed by atoms with Crippen LogP contribution in [0.3, 0.4) is 0 Å². The van der Waals surface area contributed by atoms with Crippen LogP contribution >= 0.6 is 0 Å². The predicted octanol–water partition coefficient (Wildman–Crippen LogP) is 2.46. The lowest BCUT2D eigenvalue weighted by molar-refractivity contribution is -0.212. The zero-order valence-electron chi connectivity index (χ0n) is 11.1. The Morgan fingerprint density at radius 3 is 2.84 bits per heavy atom. The first-order valence-corrected chi connectivity index (χ1v) is 6.87. The molecule has 3 atom stereocenters. The summed E-state index contributed by atoms with van der Waals surface area (Å²) in [5, 5.41) is 2.03. The number of carbonyl (C=O) groups excluding carboxylic acids is 1. The van der Waals surface area contributed by atoms with Crippen molar-refractivity contribution in [2.45, 2.75) is 43.9 Å². The summed E-state index contributed by atoms with van der Waals surface area (Å²) in [4.78, 5) is 17.5. The van der Waals surface area contributed by atoms with Crippen molar-refractivity contribution < 1.29 is 14.4 Å². The number of methoxy groups -OCH3 is 1. The van der Waals surface area contributed by atoms with Gasteiger partial charge in [0.1, 0.15) is 0 Å². The van der Waals surface area contributed by atoms with E-state index in [4.69, 9.17) is 9.57 Å². The number of rotatable bonds is 2. The summed E-state index contributed by atoms with van der Waals surface area (Å²) in [5.74, 6) is -0.263. The van der Waals surface area contributed by atoms with Crippen molar-refractivity contribution in [3.8, 4) is 0 Å². The molecule has 102 valence electrons. The molecule has 3 rings (SSSR count). The van der Waals surface area contributed by atoms with Gasteiger partial charge in [-0.3, -0.25) is 4.84 Å². The van der Waals surface area contributed by atoms with Crippen molar-refractivity contribution in [3.05, 3.63) is 35.9 Å². The third-order valence-electron chi connectivity index (χ3n) is 4.07. The highest BCUT2D eigenvalue weighted by atomic mass is 16.7. The molecule has 2 aliphatic heterocycles. The van der Waals surface area contributed by atoms with Crippen LogP contribution < -0.4 is 0 Å². The molecule has 0 radical (unpaired) electrons. The summed E-state index contributed by atoms with van der Waals surface area (Å²) in [6.45, 7) is 0. The topological polar surface area (TPSA) is 38.8 Å². The molecular formula is C15H19NO3. The Labute approximate surface area is 113 Å². The minimum absolute atomic E-state index is 0.259. The van der Waals surface area contributed by atoms with Crippen molar-refractivity contribution in [1.29, 1.82) is 0 Å². The summed E-state index contributed by atoms with van der Waals surface area (Å²) >= 11 is 0. The van der Waals surface area contributed by atoms with Gasteiger partial charge in [0.05, 0.1) is 13.2 Å². The van der Waals surface area contributed by atoms with Gasteiger partial charge in [-0.2, -0.15) is 5.06 Å². The van der Waals surface area contributed by atoms with Crippen LogP contribution in [0.1, 0.15) is 37.3 Å². The number of benzene rings is 1. The molecule has 19 heavy (non-hydrogen) atoms. The fraction of sp³-hybridized carbons (Fsp3) is 0.533. The summed E-state index contributed by atoms with van der Waals surface area (Å²) in [7, 11) is 1.41. The number of ether oxygens (including phenoxy) is 1. The average Bonchev–Trinajstić information content (AvgIpc) is 2.91. The van der Waals surface area contributed by atoms with Gasteiger partial charge in [-0.15, -0.1) is 0 Å². The number of hydroxylamine groups is 2. The first-order valence-electron chi connectivity index (χ1n) is 6.87. The van der Waals surface area contributed by atoms with Gasteiger partial charge in [0.25, 0.3) is 0 Å². The molecular weight excluding hydrogens is 242 g/mol. The monoisotopic (exact) mass is 261 g/mol. The van der Waals surface area contributed by atoms with E-state index in [2.05, 4.69) is 12.1 Å². The van der Waals surface area contributed by atoms with Crippen LogP contribution in [0.4, 0.5) is 0 Å². The van der Waals surface area contributed by atoms with Gasteiger partial charge in [-0.05, 0) is 24.8 Å². The highest BCUT2D eigenvalue weighted by Gasteiger charge is 2.43. The molecule has 0 N–H and O–H groups in total. The molecule has 4 heteroatoms. The van der Waals surface area contributed by atoms with Gasteiger partial charge >= 0.3 is 5.97 Å². The molecule has 0 aromatic heterocycles. The predicted molar refractivity (Wildman–Crippen MR) is 70.2 cm³/mol. The van der Waals surface area contributed by atoms with E-state index in [9.17, 15) is 4.79 Å². The Bertz CT molecular complexity index is 448. The molecule has 1 aromatic carbocycles. The van der Waals surface area contributed by atoms with Crippen molar-refractivity contribution in [1.82, 2.24) is 5.06 Å². The van der Waals surface area contributed by atoms with Crippen molar-refractivity contribution in [3.63, 3.8) is 0 Å². The first kappa shape index (κ1) is 12.6. The summed E-state index contributed by atoms with van der Waals surface area (Å²) in [6, 6.07) is 11.0. The highest BCUT2D eigenvalue weighted by molar-refractivity contribution is 5.74. The standard InChI is InChI=1S/C15H19NO3/c1-18-15(17)14-10-12-8-5-9-13(16(12)19-14)11-6-3-2-4-7-11/h2-4,6-7,12-14H,5,8-10H2,1H3/t12-,13-,14+/m1/s1. The zero-order valence-corrected chi connectivity index (χ0v) is 11.1. The van der Waals surface area contributed by atoms with E-state index in [-0.39, 0.29) is 12.0 Å². The highest BCUT2D eigenvalue weighted by Crippen LogP contribution is 2.40. The molecule has 2 heterocycles. The minimum atomic E-state index is -0.431. The molecule has 0 bridgehead atoms.